The van der Waals surface area contributed by atoms with Gasteiger partial charge >= 0.3 is 7.12 Å². The maximum Gasteiger partial charge on any atom is 0.484 e. The number of rotatable bonds is 8. The molecule has 0 spiro atoms. The highest BCUT2D eigenvalue weighted by molar-refractivity contribution is 9.11. The summed E-state index contributed by atoms with van der Waals surface area (Å²) in [7, 11) is -1.32. The molecular weight excluding hydrogens is 967 g/mol. The molecule has 6 heteroatoms. The summed E-state index contributed by atoms with van der Waals surface area (Å²) in [6.07, 6.45) is 45.7. The van der Waals surface area contributed by atoms with Crippen molar-refractivity contribution in [2.45, 2.75) is 38.5 Å². The van der Waals surface area contributed by atoms with E-state index in [1.165, 1.54) is 66.2 Å². The van der Waals surface area contributed by atoms with E-state index in [-0.39, 0.29) is 0 Å². The fourth-order valence-electron chi connectivity index (χ4n) is 11.7. The highest BCUT2D eigenvalue weighted by Crippen LogP contribution is 2.53. The lowest BCUT2D eigenvalue weighted by Crippen LogP contribution is -2.34. The highest BCUT2D eigenvalue weighted by Gasteiger charge is 2.41. The molecule has 0 saturated heterocycles. The number of anilines is 5. The first-order valence-electron chi connectivity index (χ1n) is 26.1. The number of benzene rings is 5. The van der Waals surface area contributed by atoms with Gasteiger partial charge in [-0.2, -0.15) is 0 Å². The van der Waals surface area contributed by atoms with Crippen LogP contribution >= 0.6 is 15.9 Å². The van der Waals surface area contributed by atoms with Crippen LogP contribution in [0.3, 0.4) is 0 Å². The Morgan fingerprint density at radius 3 is 1.72 bits per heavy atom. The molecule has 5 aromatic rings. The molecule has 0 radical (unpaired) electrons. The zero-order valence-electron chi connectivity index (χ0n) is 41.5. The summed E-state index contributed by atoms with van der Waals surface area (Å²) in [5.41, 5.74) is 18.9. The van der Waals surface area contributed by atoms with E-state index < -0.39 is 7.12 Å². The molecule has 0 aromatic heterocycles. The van der Waals surface area contributed by atoms with Gasteiger partial charge in [-0.15, -0.1) is 0 Å². The molecule has 4 nitrogen and oxygen atoms in total. The summed E-state index contributed by atoms with van der Waals surface area (Å²) in [6.45, 7) is 0. The van der Waals surface area contributed by atoms with Crippen LogP contribution in [0.1, 0.15) is 44.1 Å². The summed E-state index contributed by atoms with van der Waals surface area (Å²) >= 11 is 3.58. The molecule has 8 aliphatic carbocycles. The molecular formula is C68H60BBrN2O2. The van der Waals surface area contributed by atoms with Crippen molar-refractivity contribution >= 4 is 57.1 Å². The number of allylic oxidation sites excluding steroid dienone is 28. The molecule has 5 aromatic carbocycles. The van der Waals surface area contributed by atoms with Gasteiger partial charge in [-0.1, -0.05) is 210 Å². The van der Waals surface area contributed by atoms with Crippen molar-refractivity contribution in [2.75, 3.05) is 9.80 Å². The summed E-state index contributed by atoms with van der Waals surface area (Å²) < 4.78 is 1.27. The fourth-order valence-corrected chi connectivity index (χ4v) is 12.1. The third-order valence-corrected chi connectivity index (χ3v) is 16.0. The molecule has 0 heterocycles. The van der Waals surface area contributed by atoms with E-state index in [4.69, 9.17) is 0 Å². The molecule has 4 atom stereocenters. The smallest absolute Gasteiger partial charge is 0.423 e. The Morgan fingerprint density at radius 2 is 1.09 bits per heavy atom. The Kier molecular flexibility index (Phi) is 15.0. The molecule has 13 rings (SSSR count). The molecule has 0 fully saturated rings. The number of para-hydroxylation sites is 4. The quantitative estimate of drug-likeness (QED) is 0.152. The predicted octanol–water partition coefficient (Wildman–Crippen LogP) is 17.1. The first kappa shape index (κ1) is 48.8. The van der Waals surface area contributed by atoms with Gasteiger partial charge in [0.25, 0.3) is 0 Å². The van der Waals surface area contributed by atoms with Gasteiger partial charge in [-0.05, 0) is 160 Å². The van der Waals surface area contributed by atoms with Crippen molar-refractivity contribution in [3.05, 3.63) is 310 Å². The first-order valence-corrected chi connectivity index (χ1v) is 26.9. The standard InChI is InChI=1S/C34H27N.C18H16BrN.C16H17BO2/c1-3-10-28(11-4-1)35(29-12-5-2-6-13-29)30-20-16-24(17-21-30)31-22-18-27-15-14-25-8-7-9-26-19-23-32(31)34(27)33(25)26;19-15-11-13-18(14-12-15)20(16-7-3-1-4-8-16)17-9-5-2-6-10-17;18-17(19)16-10-8-13-6-4-2-1-3-5-12-7-9-14(16)15(13)11-12/h1-14,16-23,27,33-34H,15H2;1-11,13H,12,14H2;1-7,9,15,18-19H,8,10-11H2/b;;3-1-,4-2+,12-5-,13-6-. The Balaban J connectivity index is 0.000000129. The monoisotopic (exact) mass is 1030 g/mol. The lowest BCUT2D eigenvalue weighted by molar-refractivity contribution is 0.360. The maximum atomic E-state index is 9.52. The normalized spacial score (nSPS) is 23.7. The second kappa shape index (κ2) is 22.7. The van der Waals surface area contributed by atoms with Crippen molar-refractivity contribution in [3.8, 4) is 0 Å². The molecule has 74 heavy (non-hydrogen) atoms. The van der Waals surface area contributed by atoms with E-state index in [2.05, 4.69) is 262 Å². The van der Waals surface area contributed by atoms with Crippen LogP contribution in [0.4, 0.5) is 28.4 Å². The lowest BCUT2D eigenvalue weighted by atomic mass is 9.60. The van der Waals surface area contributed by atoms with Gasteiger partial charge in [0.1, 0.15) is 0 Å². The average molecular weight is 1030 g/mol. The van der Waals surface area contributed by atoms with Crippen molar-refractivity contribution < 1.29 is 10.0 Å². The third kappa shape index (κ3) is 10.6. The minimum atomic E-state index is -1.32. The van der Waals surface area contributed by atoms with E-state index in [0.29, 0.717) is 23.7 Å². The summed E-state index contributed by atoms with van der Waals surface area (Å²) in [6, 6.07) is 51.4. The lowest BCUT2D eigenvalue weighted by Gasteiger charge is -2.44. The molecule has 8 aliphatic rings. The number of nitrogens with zero attached hydrogens (tertiary/aromatic N) is 2. The Hall–Kier alpha value is -7.48. The zero-order chi connectivity index (χ0) is 50.2. The predicted molar refractivity (Wildman–Crippen MR) is 314 cm³/mol. The molecule has 2 bridgehead atoms. The third-order valence-electron chi connectivity index (χ3n) is 15.3. The van der Waals surface area contributed by atoms with Crippen molar-refractivity contribution in [3.63, 3.8) is 0 Å². The number of hydrogen-bond acceptors (Lipinski definition) is 4. The number of halogens is 1. The van der Waals surface area contributed by atoms with Gasteiger partial charge in [0, 0.05) is 51.9 Å². The summed E-state index contributed by atoms with van der Waals surface area (Å²) in [5, 5.41) is 19.0. The number of hydrogen-bond donors (Lipinski definition) is 2. The van der Waals surface area contributed by atoms with E-state index in [0.717, 1.165) is 60.9 Å². The first-order chi connectivity index (χ1) is 36.5. The van der Waals surface area contributed by atoms with Gasteiger partial charge < -0.3 is 19.8 Å². The molecule has 0 saturated carbocycles. The van der Waals surface area contributed by atoms with E-state index >= 15 is 0 Å². The molecule has 364 valence electrons. The van der Waals surface area contributed by atoms with Gasteiger partial charge in [-0.3, -0.25) is 0 Å². The minimum Gasteiger partial charge on any atom is -0.423 e. The van der Waals surface area contributed by atoms with Gasteiger partial charge in [0.2, 0.25) is 0 Å². The fraction of sp³-hybridized carbons (Fsp3) is 0.147. The molecule has 4 unspecified atom stereocenters. The van der Waals surface area contributed by atoms with Gasteiger partial charge in [-0.25, -0.2) is 0 Å². The van der Waals surface area contributed by atoms with Crippen LogP contribution in [0.25, 0.3) is 5.57 Å². The minimum absolute atomic E-state index is 0.304. The van der Waals surface area contributed by atoms with Crippen LogP contribution in [0.2, 0.25) is 0 Å². The second-order valence-corrected chi connectivity index (χ2v) is 20.7. The van der Waals surface area contributed by atoms with E-state index in [1.54, 1.807) is 0 Å². The summed E-state index contributed by atoms with van der Waals surface area (Å²) in [5.74, 6) is 1.94. The van der Waals surface area contributed by atoms with Crippen LogP contribution in [0.5, 0.6) is 0 Å². The largest absolute Gasteiger partial charge is 0.484 e. The Morgan fingerprint density at radius 1 is 0.486 bits per heavy atom. The van der Waals surface area contributed by atoms with Gasteiger partial charge in [0.05, 0.1) is 0 Å². The van der Waals surface area contributed by atoms with Crippen LogP contribution in [-0.4, -0.2) is 17.2 Å². The zero-order valence-corrected chi connectivity index (χ0v) is 43.1. The molecule has 0 amide bonds. The van der Waals surface area contributed by atoms with Crippen molar-refractivity contribution in [1.29, 1.82) is 0 Å². The summed E-state index contributed by atoms with van der Waals surface area (Å²) in [4.78, 5) is 4.65. The van der Waals surface area contributed by atoms with Gasteiger partial charge in [0.15, 0.2) is 0 Å². The van der Waals surface area contributed by atoms with Crippen LogP contribution in [0.15, 0.2) is 304 Å². The van der Waals surface area contributed by atoms with Crippen LogP contribution in [-0.2, 0) is 0 Å². The maximum absolute atomic E-state index is 9.52. The molecule has 0 aliphatic heterocycles. The van der Waals surface area contributed by atoms with Crippen LogP contribution in [0, 0.1) is 23.7 Å². The van der Waals surface area contributed by atoms with E-state index in [9.17, 15) is 10.0 Å². The number of fused-ring (bicyclic) bond motifs is 1. The molecule has 2 N–H and O–H groups in total. The van der Waals surface area contributed by atoms with Crippen molar-refractivity contribution in [1.82, 2.24) is 0 Å². The Labute approximate surface area is 446 Å². The SMILES string of the molecule is BrC1=CC=C(N(c2ccccc2)c2ccccc2)CC1.C1=CC2=CCC3C=CC(c4ccc(N(c5ccccc5)c5ccccc5)cc4)=C4C=CC(=C1)C2C43.OB(O)C1=C2C=C/C3=C/C=C\C=C\C=C(\CC1)C2C3. The Bertz CT molecular complexity index is 3230. The average Bonchev–Trinajstić information content (AvgIpc) is 3.46. The van der Waals surface area contributed by atoms with E-state index in [1.807, 2.05) is 18.2 Å². The van der Waals surface area contributed by atoms with Crippen LogP contribution < -0.4 is 9.80 Å². The topological polar surface area (TPSA) is 46.9 Å². The second-order valence-electron chi connectivity index (χ2n) is 19.7. The van der Waals surface area contributed by atoms with Crippen molar-refractivity contribution in [2.24, 2.45) is 23.7 Å². The highest BCUT2D eigenvalue weighted by atomic mass is 79.9.